The van der Waals surface area contributed by atoms with Gasteiger partial charge in [0.2, 0.25) is 0 Å². The second-order valence-corrected chi connectivity index (χ2v) is 3.81. The van der Waals surface area contributed by atoms with E-state index in [1.807, 2.05) is 30.3 Å². The first-order valence-corrected chi connectivity index (χ1v) is 5.40. The molecule has 0 aliphatic heterocycles. The van der Waals surface area contributed by atoms with Gasteiger partial charge in [-0.25, -0.2) is 4.39 Å². The first-order chi connectivity index (χ1) is 8.31. The lowest BCUT2D eigenvalue weighted by Gasteiger charge is -2.16. The van der Waals surface area contributed by atoms with Crippen molar-refractivity contribution in [3.05, 3.63) is 65.7 Å². The van der Waals surface area contributed by atoms with Crippen molar-refractivity contribution < 1.29 is 4.39 Å². The van der Waals surface area contributed by atoms with E-state index < -0.39 is 0 Å². The number of aromatic nitrogens is 1. The fourth-order valence-electron chi connectivity index (χ4n) is 1.78. The Hall–Kier alpha value is -1.78. The van der Waals surface area contributed by atoms with Crippen molar-refractivity contribution in [2.75, 3.05) is 0 Å². The number of nitrogens with zero attached hydrogens (tertiary/aromatic N) is 1. The normalized spacial score (nSPS) is 12.4. The molecule has 1 unspecified atom stereocenters. The Morgan fingerprint density at radius 1 is 1.24 bits per heavy atom. The van der Waals surface area contributed by atoms with E-state index in [1.165, 1.54) is 6.20 Å². The molecule has 0 aliphatic rings. The Kier molecular flexibility index (Phi) is 3.80. The molecule has 1 heterocycles. The van der Waals surface area contributed by atoms with Crippen LogP contribution in [0.25, 0.3) is 0 Å². The van der Waals surface area contributed by atoms with Crippen LogP contribution in [-0.2, 0) is 6.42 Å². The molecule has 88 valence electrons. The van der Waals surface area contributed by atoms with E-state index >= 15 is 0 Å². The van der Waals surface area contributed by atoms with Crippen LogP contribution in [-0.4, -0.2) is 4.98 Å². The van der Waals surface area contributed by atoms with Crippen LogP contribution in [0.2, 0.25) is 0 Å². The number of hydrogen-bond donors (Lipinski definition) is 2. The van der Waals surface area contributed by atoms with Gasteiger partial charge in [-0.2, -0.15) is 0 Å². The minimum Gasteiger partial charge on any atom is -0.271 e. The zero-order valence-electron chi connectivity index (χ0n) is 9.31. The summed E-state index contributed by atoms with van der Waals surface area (Å²) in [7, 11) is 0. The summed E-state index contributed by atoms with van der Waals surface area (Å²) in [6.07, 6.45) is 3.40. The first-order valence-electron chi connectivity index (χ1n) is 5.40. The van der Waals surface area contributed by atoms with Crippen molar-refractivity contribution in [1.29, 1.82) is 0 Å². The van der Waals surface area contributed by atoms with Crippen molar-refractivity contribution in [2.24, 2.45) is 5.84 Å². The highest BCUT2D eigenvalue weighted by Gasteiger charge is 2.14. The van der Waals surface area contributed by atoms with Gasteiger partial charge in [-0.15, -0.1) is 0 Å². The third-order valence-corrected chi connectivity index (χ3v) is 2.66. The smallest absolute Gasteiger partial charge is 0.146 e. The zero-order chi connectivity index (χ0) is 12.1. The summed E-state index contributed by atoms with van der Waals surface area (Å²) in [5, 5.41) is 0. The lowest BCUT2D eigenvalue weighted by Crippen LogP contribution is -2.30. The third-order valence-electron chi connectivity index (χ3n) is 2.66. The lowest BCUT2D eigenvalue weighted by atomic mass is 10.00. The molecule has 0 fully saturated rings. The highest BCUT2D eigenvalue weighted by molar-refractivity contribution is 5.22. The number of benzene rings is 1. The van der Waals surface area contributed by atoms with Crippen LogP contribution in [0.3, 0.4) is 0 Å². The molecule has 0 radical (unpaired) electrons. The average molecular weight is 231 g/mol. The molecule has 0 bridgehead atoms. The van der Waals surface area contributed by atoms with E-state index in [9.17, 15) is 4.39 Å². The molecule has 4 heteroatoms. The molecule has 17 heavy (non-hydrogen) atoms. The number of rotatable bonds is 4. The molecule has 2 aromatic rings. The van der Waals surface area contributed by atoms with Crippen molar-refractivity contribution in [2.45, 2.75) is 12.5 Å². The van der Waals surface area contributed by atoms with Gasteiger partial charge in [0.15, 0.2) is 0 Å². The molecule has 1 aromatic heterocycles. The van der Waals surface area contributed by atoms with Crippen molar-refractivity contribution in [3.8, 4) is 0 Å². The molecule has 0 spiro atoms. The molecule has 1 atom stereocenters. The second kappa shape index (κ2) is 5.52. The lowest BCUT2D eigenvalue weighted by molar-refractivity contribution is 0.508. The fourth-order valence-corrected chi connectivity index (χ4v) is 1.78. The van der Waals surface area contributed by atoms with E-state index in [1.54, 1.807) is 12.3 Å². The maximum Gasteiger partial charge on any atom is 0.146 e. The van der Waals surface area contributed by atoms with Crippen molar-refractivity contribution in [3.63, 3.8) is 0 Å². The van der Waals surface area contributed by atoms with E-state index in [-0.39, 0.29) is 11.9 Å². The largest absolute Gasteiger partial charge is 0.271 e. The number of hydrazine groups is 1. The molecular formula is C13H14FN3. The van der Waals surface area contributed by atoms with Crippen LogP contribution >= 0.6 is 0 Å². The van der Waals surface area contributed by atoms with Gasteiger partial charge in [0.1, 0.15) is 5.82 Å². The number of pyridine rings is 1. The highest BCUT2D eigenvalue weighted by Crippen LogP contribution is 2.19. The molecule has 2 rings (SSSR count). The Morgan fingerprint density at radius 2 is 2.00 bits per heavy atom. The fraction of sp³-hybridized carbons (Fsp3) is 0.154. The number of nitrogens with two attached hydrogens (primary N) is 1. The Labute approximate surface area is 99.5 Å². The Morgan fingerprint density at radius 3 is 2.65 bits per heavy atom. The van der Waals surface area contributed by atoms with Crippen LogP contribution in [0.5, 0.6) is 0 Å². The summed E-state index contributed by atoms with van der Waals surface area (Å²) >= 11 is 0. The molecule has 0 aliphatic carbocycles. The average Bonchev–Trinajstić information content (AvgIpc) is 2.38. The summed E-state index contributed by atoms with van der Waals surface area (Å²) in [6, 6.07) is 11.2. The number of hydrogen-bond acceptors (Lipinski definition) is 3. The van der Waals surface area contributed by atoms with Gasteiger partial charge in [0.25, 0.3) is 0 Å². The SMILES string of the molecule is NNC(Cc1ccccc1)c1ccncc1F. The van der Waals surface area contributed by atoms with Crippen molar-refractivity contribution >= 4 is 0 Å². The summed E-state index contributed by atoms with van der Waals surface area (Å²) in [5.74, 6) is 5.14. The molecule has 3 nitrogen and oxygen atoms in total. The molecule has 0 saturated heterocycles. The van der Waals surface area contributed by atoms with Crippen LogP contribution in [0.4, 0.5) is 4.39 Å². The van der Waals surface area contributed by atoms with Gasteiger partial charge in [-0.05, 0) is 18.1 Å². The Balaban J connectivity index is 2.21. The third kappa shape index (κ3) is 2.87. The summed E-state index contributed by atoms with van der Waals surface area (Å²) < 4.78 is 13.6. The topological polar surface area (TPSA) is 50.9 Å². The maximum atomic E-state index is 13.6. The van der Waals surface area contributed by atoms with E-state index in [2.05, 4.69) is 10.4 Å². The van der Waals surface area contributed by atoms with Gasteiger partial charge >= 0.3 is 0 Å². The minimum atomic E-state index is -0.341. The van der Waals surface area contributed by atoms with Crippen LogP contribution in [0.1, 0.15) is 17.2 Å². The van der Waals surface area contributed by atoms with Gasteiger partial charge in [-0.1, -0.05) is 30.3 Å². The molecule has 0 saturated carbocycles. The number of nitrogens with one attached hydrogen (secondary N) is 1. The standard InChI is InChI=1S/C13H14FN3/c14-12-9-16-7-6-11(12)13(17-15)8-10-4-2-1-3-5-10/h1-7,9,13,17H,8,15H2. The molecular weight excluding hydrogens is 217 g/mol. The van der Waals surface area contributed by atoms with E-state index in [0.717, 1.165) is 5.56 Å². The summed E-state index contributed by atoms with van der Waals surface area (Å²) in [5.41, 5.74) is 4.28. The van der Waals surface area contributed by atoms with Gasteiger partial charge in [0.05, 0.1) is 12.2 Å². The quantitative estimate of drug-likeness (QED) is 0.624. The van der Waals surface area contributed by atoms with Crippen molar-refractivity contribution in [1.82, 2.24) is 10.4 Å². The summed E-state index contributed by atoms with van der Waals surface area (Å²) in [6.45, 7) is 0. The summed E-state index contributed by atoms with van der Waals surface area (Å²) in [4.78, 5) is 3.73. The second-order valence-electron chi connectivity index (χ2n) is 3.81. The number of halogens is 1. The van der Waals surface area contributed by atoms with Crippen LogP contribution in [0, 0.1) is 5.82 Å². The first kappa shape index (κ1) is 11.7. The Bertz CT molecular complexity index is 473. The predicted molar refractivity (Wildman–Crippen MR) is 64.4 cm³/mol. The van der Waals surface area contributed by atoms with Crippen LogP contribution in [0.15, 0.2) is 48.8 Å². The zero-order valence-corrected chi connectivity index (χ0v) is 9.31. The monoisotopic (exact) mass is 231 g/mol. The molecule has 3 N–H and O–H groups in total. The maximum absolute atomic E-state index is 13.6. The highest BCUT2D eigenvalue weighted by atomic mass is 19.1. The van der Waals surface area contributed by atoms with Gasteiger partial charge < -0.3 is 0 Å². The molecule has 0 amide bonds. The van der Waals surface area contributed by atoms with Gasteiger partial charge in [-0.3, -0.25) is 16.3 Å². The van der Waals surface area contributed by atoms with E-state index in [0.29, 0.717) is 12.0 Å². The molecule has 1 aromatic carbocycles. The predicted octanol–water partition coefficient (Wildman–Crippen LogP) is 1.97. The minimum absolute atomic E-state index is 0.250. The van der Waals surface area contributed by atoms with Gasteiger partial charge in [0, 0.05) is 11.8 Å². The van der Waals surface area contributed by atoms with Crippen LogP contribution < -0.4 is 11.3 Å². The van der Waals surface area contributed by atoms with E-state index in [4.69, 9.17) is 5.84 Å².